The molecule has 4 heteroatoms. The van der Waals surface area contributed by atoms with Gasteiger partial charge in [-0.05, 0) is 18.4 Å². The summed E-state index contributed by atoms with van der Waals surface area (Å²) in [6, 6.07) is 9.62. The minimum absolute atomic E-state index is 0.0731. The highest BCUT2D eigenvalue weighted by atomic mass is 16.1. The molecule has 0 aliphatic carbocycles. The Bertz CT molecular complexity index is 533. The summed E-state index contributed by atoms with van der Waals surface area (Å²) >= 11 is 0. The smallest absolute Gasteiger partial charge is 0.154 e. The van der Waals surface area contributed by atoms with Gasteiger partial charge in [0.1, 0.15) is 0 Å². The fourth-order valence-corrected chi connectivity index (χ4v) is 2.05. The van der Waals surface area contributed by atoms with Crippen LogP contribution in [0.1, 0.15) is 30.0 Å². The molecule has 0 spiro atoms. The van der Waals surface area contributed by atoms with Crippen LogP contribution in [0.25, 0.3) is 0 Å². The van der Waals surface area contributed by atoms with Gasteiger partial charge in [-0.25, -0.2) is 0 Å². The SMILES string of the molecule is Cn1cc(C(N)C(=O)CCCc2ccccc2)cn1. The molecule has 4 nitrogen and oxygen atoms in total. The summed E-state index contributed by atoms with van der Waals surface area (Å²) in [5.41, 5.74) is 7.97. The van der Waals surface area contributed by atoms with E-state index in [9.17, 15) is 4.79 Å². The van der Waals surface area contributed by atoms with Crippen molar-refractivity contribution in [1.29, 1.82) is 0 Å². The van der Waals surface area contributed by atoms with E-state index >= 15 is 0 Å². The molecule has 0 bridgehead atoms. The van der Waals surface area contributed by atoms with Gasteiger partial charge in [-0.1, -0.05) is 30.3 Å². The van der Waals surface area contributed by atoms with Gasteiger partial charge in [0.05, 0.1) is 12.2 Å². The zero-order valence-corrected chi connectivity index (χ0v) is 11.1. The molecule has 0 aliphatic rings. The van der Waals surface area contributed by atoms with E-state index < -0.39 is 6.04 Å². The van der Waals surface area contributed by atoms with Crippen molar-refractivity contribution in [2.45, 2.75) is 25.3 Å². The molecule has 1 aromatic carbocycles. The first-order valence-electron chi connectivity index (χ1n) is 6.47. The van der Waals surface area contributed by atoms with Crippen LogP contribution in [0.2, 0.25) is 0 Å². The molecule has 1 unspecified atom stereocenters. The van der Waals surface area contributed by atoms with Gasteiger partial charge in [-0.15, -0.1) is 0 Å². The summed E-state index contributed by atoms with van der Waals surface area (Å²) in [6.45, 7) is 0. The average Bonchev–Trinajstić information content (AvgIpc) is 2.85. The Labute approximate surface area is 113 Å². The third-order valence-corrected chi connectivity index (χ3v) is 3.16. The molecule has 0 aliphatic heterocycles. The topological polar surface area (TPSA) is 60.9 Å². The van der Waals surface area contributed by atoms with Crippen LogP contribution in [-0.2, 0) is 18.3 Å². The van der Waals surface area contributed by atoms with Gasteiger partial charge in [-0.3, -0.25) is 9.48 Å². The third kappa shape index (κ3) is 3.76. The summed E-state index contributed by atoms with van der Waals surface area (Å²) in [5, 5.41) is 4.03. The van der Waals surface area contributed by atoms with Gasteiger partial charge in [0.2, 0.25) is 0 Å². The van der Waals surface area contributed by atoms with E-state index in [-0.39, 0.29) is 5.78 Å². The standard InChI is InChI=1S/C15H19N3O/c1-18-11-13(10-17-18)15(16)14(19)9-5-8-12-6-3-2-4-7-12/h2-4,6-7,10-11,15H,5,8-9,16H2,1H3. The van der Waals surface area contributed by atoms with E-state index in [4.69, 9.17) is 5.73 Å². The Morgan fingerprint density at radius 3 is 2.74 bits per heavy atom. The first-order valence-corrected chi connectivity index (χ1v) is 6.47. The van der Waals surface area contributed by atoms with Crippen molar-refractivity contribution < 1.29 is 4.79 Å². The molecule has 0 saturated heterocycles. The molecule has 2 N–H and O–H groups in total. The van der Waals surface area contributed by atoms with E-state index in [1.165, 1.54) is 5.56 Å². The normalized spacial score (nSPS) is 12.3. The van der Waals surface area contributed by atoms with Crippen molar-refractivity contribution in [3.8, 4) is 0 Å². The number of hydrogen-bond donors (Lipinski definition) is 1. The highest BCUT2D eigenvalue weighted by Crippen LogP contribution is 2.14. The number of carbonyl (C=O) groups is 1. The maximum absolute atomic E-state index is 12.0. The maximum atomic E-state index is 12.0. The van der Waals surface area contributed by atoms with E-state index in [0.717, 1.165) is 18.4 Å². The predicted molar refractivity (Wildman–Crippen MR) is 74.5 cm³/mol. The summed E-state index contributed by atoms with van der Waals surface area (Å²) in [4.78, 5) is 12.0. The lowest BCUT2D eigenvalue weighted by Gasteiger charge is -2.08. The molecular weight excluding hydrogens is 238 g/mol. The Balaban J connectivity index is 1.81. The highest BCUT2D eigenvalue weighted by molar-refractivity contribution is 5.84. The Morgan fingerprint density at radius 1 is 1.37 bits per heavy atom. The second-order valence-electron chi connectivity index (χ2n) is 4.73. The number of Topliss-reactive ketones (excluding diaryl/α,β-unsaturated/α-hetero) is 1. The zero-order chi connectivity index (χ0) is 13.7. The molecule has 19 heavy (non-hydrogen) atoms. The van der Waals surface area contributed by atoms with E-state index in [1.54, 1.807) is 17.1 Å². The maximum Gasteiger partial charge on any atom is 0.154 e. The number of rotatable bonds is 6. The number of nitrogens with two attached hydrogens (primary N) is 1. The van der Waals surface area contributed by atoms with Crippen molar-refractivity contribution in [2.75, 3.05) is 0 Å². The lowest BCUT2D eigenvalue weighted by molar-refractivity contribution is -0.120. The second-order valence-corrected chi connectivity index (χ2v) is 4.73. The predicted octanol–water partition coefficient (Wildman–Crippen LogP) is 2.01. The molecule has 100 valence electrons. The van der Waals surface area contributed by atoms with Crippen molar-refractivity contribution in [2.24, 2.45) is 12.8 Å². The monoisotopic (exact) mass is 257 g/mol. The van der Waals surface area contributed by atoms with Crippen LogP contribution in [-0.4, -0.2) is 15.6 Å². The van der Waals surface area contributed by atoms with Crippen LogP contribution in [0, 0.1) is 0 Å². The largest absolute Gasteiger partial charge is 0.318 e. The third-order valence-electron chi connectivity index (χ3n) is 3.16. The lowest BCUT2D eigenvalue weighted by Crippen LogP contribution is -2.20. The van der Waals surface area contributed by atoms with Crippen LogP contribution in [0.15, 0.2) is 42.7 Å². The van der Waals surface area contributed by atoms with Crippen LogP contribution in [0.4, 0.5) is 0 Å². The minimum Gasteiger partial charge on any atom is -0.318 e. The number of ketones is 1. The highest BCUT2D eigenvalue weighted by Gasteiger charge is 2.16. The van der Waals surface area contributed by atoms with Gasteiger partial charge < -0.3 is 5.73 Å². The molecular formula is C15H19N3O. The van der Waals surface area contributed by atoms with Crippen molar-refractivity contribution in [3.63, 3.8) is 0 Å². The van der Waals surface area contributed by atoms with E-state index in [2.05, 4.69) is 17.2 Å². The van der Waals surface area contributed by atoms with Crippen molar-refractivity contribution >= 4 is 5.78 Å². The van der Waals surface area contributed by atoms with Gasteiger partial charge in [0.25, 0.3) is 0 Å². The molecule has 0 amide bonds. The number of aromatic nitrogens is 2. The fourth-order valence-electron chi connectivity index (χ4n) is 2.05. The molecule has 1 atom stereocenters. The van der Waals surface area contributed by atoms with Crippen molar-refractivity contribution in [1.82, 2.24) is 9.78 Å². The molecule has 1 aromatic heterocycles. The summed E-state index contributed by atoms with van der Waals surface area (Å²) in [5.74, 6) is 0.0731. The van der Waals surface area contributed by atoms with Crippen molar-refractivity contribution in [3.05, 3.63) is 53.9 Å². The minimum atomic E-state index is -0.551. The first-order chi connectivity index (χ1) is 9.16. The van der Waals surface area contributed by atoms with Crippen LogP contribution >= 0.6 is 0 Å². The summed E-state index contributed by atoms with van der Waals surface area (Å²) < 4.78 is 1.66. The van der Waals surface area contributed by atoms with Crippen LogP contribution in [0.3, 0.4) is 0 Å². The number of hydrogen-bond acceptors (Lipinski definition) is 3. The fraction of sp³-hybridized carbons (Fsp3) is 0.333. The van der Waals surface area contributed by atoms with Gasteiger partial charge in [0, 0.05) is 25.2 Å². The summed E-state index contributed by atoms with van der Waals surface area (Å²) in [6.07, 6.45) is 5.69. The van der Waals surface area contributed by atoms with E-state index in [0.29, 0.717) is 6.42 Å². The lowest BCUT2D eigenvalue weighted by atomic mass is 10.0. The average molecular weight is 257 g/mol. The zero-order valence-electron chi connectivity index (χ0n) is 11.1. The van der Waals surface area contributed by atoms with Crippen LogP contribution < -0.4 is 5.73 Å². The molecule has 0 radical (unpaired) electrons. The summed E-state index contributed by atoms with van der Waals surface area (Å²) in [7, 11) is 1.82. The number of carbonyl (C=O) groups excluding carboxylic acids is 1. The number of benzene rings is 1. The Kier molecular flexibility index (Phi) is 4.47. The van der Waals surface area contributed by atoms with Gasteiger partial charge in [0.15, 0.2) is 5.78 Å². The Morgan fingerprint density at radius 2 is 2.11 bits per heavy atom. The first kappa shape index (κ1) is 13.5. The molecule has 2 rings (SSSR count). The van der Waals surface area contributed by atoms with Gasteiger partial charge >= 0.3 is 0 Å². The van der Waals surface area contributed by atoms with Gasteiger partial charge in [-0.2, -0.15) is 5.10 Å². The quantitative estimate of drug-likeness (QED) is 0.861. The Hall–Kier alpha value is -1.94. The molecule has 0 saturated carbocycles. The molecule has 0 fully saturated rings. The number of aryl methyl sites for hydroxylation is 2. The van der Waals surface area contributed by atoms with Crippen LogP contribution in [0.5, 0.6) is 0 Å². The number of nitrogens with zero attached hydrogens (tertiary/aromatic N) is 2. The second kappa shape index (κ2) is 6.29. The molecule has 2 aromatic rings. The molecule has 1 heterocycles. The van der Waals surface area contributed by atoms with E-state index in [1.807, 2.05) is 25.2 Å².